The third kappa shape index (κ3) is 4.06. The van der Waals surface area contributed by atoms with Gasteiger partial charge in [-0.05, 0) is 125 Å². The van der Waals surface area contributed by atoms with Crippen molar-refractivity contribution in [2.45, 2.75) is 39.5 Å². The van der Waals surface area contributed by atoms with Crippen LogP contribution < -0.4 is 0 Å². The van der Waals surface area contributed by atoms with E-state index in [1.165, 1.54) is 19.9 Å². The van der Waals surface area contributed by atoms with Crippen LogP contribution in [0.15, 0.2) is 145 Å². The van der Waals surface area contributed by atoms with Crippen molar-refractivity contribution in [3.63, 3.8) is 0 Å². The van der Waals surface area contributed by atoms with Crippen LogP contribution in [0.5, 0.6) is 0 Å². The van der Waals surface area contributed by atoms with E-state index < -0.39 is 152 Å². The van der Waals surface area contributed by atoms with Gasteiger partial charge in [0, 0.05) is 5.41 Å². The van der Waals surface area contributed by atoms with Crippen LogP contribution in [0.3, 0.4) is 0 Å². The van der Waals surface area contributed by atoms with Gasteiger partial charge in [0.15, 0.2) is 0 Å². The molecule has 0 unspecified atom stereocenters. The van der Waals surface area contributed by atoms with Gasteiger partial charge in [0.1, 0.15) is 0 Å². The first kappa shape index (κ1) is 14.3. The van der Waals surface area contributed by atoms with Crippen molar-refractivity contribution < 1.29 is 31.5 Å². The molecule has 0 amide bonds. The summed E-state index contributed by atoms with van der Waals surface area (Å²) in [6, 6.07) is -13.4. The highest BCUT2D eigenvalue weighted by atomic mass is 14.4. The van der Waals surface area contributed by atoms with Crippen LogP contribution in [0, 0.1) is 13.8 Å². The Morgan fingerprint density at radius 1 is 0.460 bits per heavy atom. The molecular formula is C50H38. The molecule has 0 aliphatic heterocycles. The van der Waals surface area contributed by atoms with Gasteiger partial charge in [-0.3, -0.25) is 0 Å². The maximum Gasteiger partial charge on any atom is 0.0632 e. The molecule has 238 valence electrons. The second-order valence-corrected chi connectivity index (χ2v) is 13.1. The first-order valence-corrected chi connectivity index (χ1v) is 16.0. The van der Waals surface area contributed by atoms with E-state index in [0.29, 0.717) is 11.1 Å². The highest BCUT2D eigenvalue weighted by Crippen LogP contribution is 2.52. The van der Waals surface area contributed by atoms with Crippen molar-refractivity contribution in [2.75, 3.05) is 0 Å². The summed E-state index contributed by atoms with van der Waals surface area (Å²) in [5, 5.41) is -2.18. The van der Waals surface area contributed by atoms with Crippen molar-refractivity contribution in [1.29, 1.82) is 0 Å². The zero-order valence-corrected chi connectivity index (χ0v) is 27.3. The smallest absolute Gasteiger partial charge is 0.0619 e. The van der Waals surface area contributed by atoms with Crippen molar-refractivity contribution in [3.05, 3.63) is 178 Å². The quantitative estimate of drug-likeness (QED) is 0.165. The molecule has 8 aromatic rings. The van der Waals surface area contributed by atoms with Crippen molar-refractivity contribution in [1.82, 2.24) is 0 Å². The molecule has 0 fully saturated rings. The number of rotatable bonds is 3. The number of fused-ring (bicyclic) bond motifs is 8. The normalized spacial score (nSPS) is 20.1. The molecule has 0 saturated carbocycles. The SMILES string of the molecule is [2H]c1cc2c(c(C)c1-c1c([2H])c([2H])c(-c3c4c([2H])c([2H])c([2H])c([2H])c4c(-c4c([2H])c([2H])c([2H])c5c4-c4c([2H])c(C)c([2H])c([2H])c4C5)c4c([2H])c([2H])c([2H])c([2H])c34)c([2H])c1[2H])-c1c([2H])c([2H])c([2H])c([2H])c1C2(C)C. The molecule has 0 atom stereocenters. The third-order valence-electron chi connectivity index (χ3n) is 9.94. The Morgan fingerprint density at radius 2 is 1.08 bits per heavy atom. The molecule has 0 saturated heterocycles. The Hall–Kier alpha value is -5.72. The second kappa shape index (κ2) is 10.6. The minimum Gasteiger partial charge on any atom is -0.0619 e. The predicted molar refractivity (Wildman–Crippen MR) is 213 cm³/mol. The summed E-state index contributed by atoms with van der Waals surface area (Å²) in [6.45, 7) is 6.45. The van der Waals surface area contributed by atoms with Gasteiger partial charge < -0.3 is 0 Å². The van der Waals surface area contributed by atoms with Gasteiger partial charge in [0.25, 0.3) is 0 Å². The van der Waals surface area contributed by atoms with Gasteiger partial charge >= 0.3 is 0 Å². The summed E-state index contributed by atoms with van der Waals surface area (Å²) in [4.78, 5) is 0. The van der Waals surface area contributed by atoms with E-state index in [4.69, 9.17) is 16.4 Å². The molecular weight excluding hydrogens is 601 g/mol. The minimum absolute atomic E-state index is 0.0169. The van der Waals surface area contributed by atoms with Crippen molar-refractivity contribution >= 4 is 21.5 Å². The molecule has 0 aromatic heterocycles. The molecule has 0 radical (unpaired) electrons. The Bertz CT molecular complexity index is 3910. The van der Waals surface area contributed by atoms with Gasteiger partial charge in [-0.15, -0.1) is 0 Å². The molecule has 0 heterocycles. The van der Waals surface area contributed by atoms with Crippen LogP contribution in [0.4, 0.5) is 0 Å². The van der Waals surface area contributed by atoms with Crippen LogP contribution >= 0.6 is 0 Å². The summed E-state index contributed by atoms with van der Waals surface area (Å²) in [6.07, 6.45) is -0.264. The largest absolute Gasteiger partial charge is 0.0632 e. The third-order valence-corrected chi connectivity index (χ3v) is 9.94. The van der Waals surface area contributed by atoms with Crippen molar-refractivity contribution in [2.24, 2.45) is 0 Å². The molecule has 8 aromatic carbocycles. The lowest BCUT2D eigenvalue weighted by Gasteiger charge is -2.22. The highest BCUT2D eigenvalue weighted by molar-refractivity contribution is 6.22. The number of benzene rings is 8. The number of hydrogen-bond acceptors (Lipinski definition) is 0. The lowest BCUT2D eigenvalue weighted by atomic mass is 9.81. The van der Waals surface area contributed by atoms with E-state index in [0.717, 1.165) is 0 Å². The van der Waals surface area contributed by atoms with E-state index in [1.807, 2.05) is 0 Å². The predicted octanol–water partition coefficient (Wildman–Crippen LogP) is 13.5. The van der Waals surface area contributed by atoms with Gasteiger partial charge in [0.2, 0.25) is 0 Å². The maximum atomic E-state index is 9.74. The molecule has 0 spiro atoms. The molecule has 10 rings (SSSR count). The molecule has 0 heteroatoms. The lowest BCUT2D eigenvalue weighted by Crippen LogP contribution is -2.14. The van der Waals surface area contributed by atoms with Crippen LogP contribution in [0.2, 0.25) is 0 Å². The molecule has 0 nitrogen and oxygen atoms in total. The topological polar surface area (TPSA) is 0 Å². The monoisotopic (exact) mass is 661 g/mol. The summed E-state index contributed by atoms with van der Waals surface area (Å²) in [7, 11) is 0. The van der Waals surface area contributed by atoms with Crippen LogP contribution in [-0.4, -0.2) is 0 Å². The fourth-order valence-corrected chi connectivity index (χ4v) is 7.61. The minimum atomic E-state index is -1.05. The van der Waals surface area contributed by atoms with Gasteiger partial charge in [-0.1, -0.05) is 164 Å². The summed E-state index contributed by atoms with van der Waals surface area (Å²) in [5.41, 5.74) is -2.23. The van der Waals surface area contributed by atoms with Gasteiger partial charge in [-0.25, -0.2) is 0 Å². The highest BCUT2D eigenvalue weighted by Gasteiger charge is 2.36. The molecule has 2 aliphatic rings. The lowest BCUT2D eigenvalue weighted by molar-refractivity contribution is 0.660. The van der Waals surface area contributed by atoms with Crippen LogP contribution in [-0.2, 0) is 11.8 Å². The first-order valence-electron chi connectivity index (χ1n) is 27.5. The summed E-state index contributed by atoms with van der Waals surface area (Å²) >= 11 is 0. The van der Waals surface area contributed by atoms with Gasteiger partial charge in [-0.2, -0.15) is 0 Å². The molecule has 2 aliphatic carbocycles. The Morgan fingerprint density at radius 3 is 1.80 bits per heavy atom. The fraction of sp³-hybridized carbons (Fsp3) is 0.120. The van der Waals surface area contributed by atoms with Crippen LogP contribution in [0.1, 0.15) is 78.8 Å². The average molecular weight is 662 g/mol. The Balaban J connectivity index is 1.41. The van der Waals surface area contributed by atoms with E-state index in [1.54, 1.807) is 13.8 Å². The standard InChI is InChI=1S/C50H38/c1-30-20-21-34-29-35-12-11-18-42(48(35)43(34)28-30)49-39-15-7-5-13-37(39)47(38-14-6-8-16-40(38)49)33-24-22-32(23-25-33)36-26-27-45-46(31(36)2)41-17-9-10-19-44(41)50(45,3)4/h5-28H,29H2,1-4H3/i5D,6D,7D,8D,9D,10D,11D,12D,13D,14D,15D,16D,17D,18D,19D,20D,21D,22D,23D,24D,25D,26D,28D. The average Bonchev–Trinajstić information content (AvgIpc) is 3.86. The zero-order valence-electron chi connectivity index (χ0n) is 50.3. The summed E-state index contributed by atoms with van der Waals surface area (Å²) < 4.78 is 211. The Kier molecular flexibility index (Phi) is 3.03. The van der Waals surface area contributed by atoms with Gasteiger partial charge in [0.05, 0.1) is 31.5 Å². The van der Waals surface area contributed by atoms with E-state index in [-0.39, 0.29) is 98.3 Å². The molecule has 0 N–H and O–H groups in total. The van der Waals surface area contributed by atoms with Crippen molar-refractivity contribution in [3.8, 4) is 55.6 Å². The molecule has 50 heavy (non-hydrogen) atoms. The molecule has 0 bridgehead atoms. The van der Waals surface area contributed by atoms with Crippen LogP contribution in [0.25, 0.3) is 77.2 Å². The fourth-order valence-electron chi connectivity index (χ4n) is 7.61. The number of hydrogen-bond donors (Lipinski definition) is 0. The summed E-state index contributed by atoms with van der Waals surface area (Å²) in [5.74, 6) is 0. The van der Waals surface area contributed by atoms with E-state index in [9.17, 15) is 15.1 Å². The van der Waals surface area contributed by atoms with E-state index >= 15 is 0 Å². The zero-order chi connectivity index (χ0) is 53.7. The maximum absolute atomic E-state index is 9.74. The second-order valence-electron chi connectivity index (χ2n) is 13.1. The van der Waals surface area contributed by atoms with E-state index in [2.05, 4.69) is 0 Å². The Labute approximate surface area is 327 Å². The first-order chi connectivity index (χ1) is 34.0.